The molecule has 0 aliphatic heterocycles. The van der Waals surface area contributed by atoms with Gasteiger partial charge in [0.05, 0.1) is 0 Å². The topological polar surface area (TPSA) is 53.4 Å². The van der Waals surface area contributed by atoms with Gasteiger partial charge in [0.15, 0.2) is 0 Å². The van der Waals surface area contributed by atoms with E-state index in [-0.39, 0.29) is 5.56 Å². The number of nitrogens with zero attached hydrogens (tertiary/aromatic N) is 2. The largest absolute Gasteiger partial charge is 0.478 e. The second-order valence-corrected chi connectivity index (χ2v) is 5.53. The second-order valence-electron chi connectivity index (χ2n) is 4.61. The molecular weight excluding hydrogens is 320 g/mol. The molecule has 1 heterocycles. The van der Waals surface area contributed by atoms with E-state index in [4.69, 9.17) is 0 Å². The molecule has 0 amide bonds. The minimum absolute atomic E-state index is 0.218. The molecule has 1 aromatic heterocycles. The van der Waals surface area contributed by atoms with Crippen molar-refractivity contribution in [3.05, 3.63) is 57.7 Å². The summed E-state index contributed by atoms with van der Waals surface area (Å²) in [6.45, 7) is 2.45. The summed E-state index contributed by atoms with van der Waals surface area (Å²) in [6.07, 6.45) is 0. The number of rotatable bonds is 4. The average Bonchev–Trinajstić information content (AvgIpc) is 2.41. The number of pyridine rings is 1. The molecule has 0 fully saturated rings. The molecule has 0 saturated heterocycles. The van der Waals surface area contributed by atoms with Crippen LogP contribution in [0.15, 0.2) is 40.9 Å². The summed E-state index contributed by atoms with van der Waals surface area (Å²) in [5, 5.41) is 9.24. The predicted octanol–water partition coefficient (Wildman–Crippen LogP) is 3.49. The first-order valence-corrected chi connectivity index (χ1v) is 6.93. The number of aromatic carboxylic acids is 1. The Balaban J connectivity index is 2.28. The van der Waals surface area contributed by atoms with Crippen LogP contribution in [-0.2, 0) is 6.54 Å². The van der Waals surface area contributed by atoms with Crippen LogP contribution in [0.25, 0.3) is 0 Å². The van der Waals surface area contributed by atoms with Gasteiger partial charge in [-0.1, -0.05) is 28.1 Å². The van der Waals surface area contributed by atoms with E-state index in [0.29, 0.717) is 12.4 Å². The summed E-state index contributed by atoms with van der Waals surface area (Å²) in [5.41, 5.74) is 2.11. The van der Waals surface area contributed by atoms with Gasteiger partial charge < -0.3 is 10.0 Å². The van der Waals surface area contributed by atoms with Crippen molar-refractivity contribution < 1.29 is 9.90 Å². The third-order valence-corrected chi connectivity index (χ3v) is 3.47. The Labute approximate surface area is 126 Å². The first kappa shape index (κ1) is 14.5. The molecule has 0 unspecified atom stereocenters. The molecule has 0 spiro atoms. The Bertz CT molecular complexity index is 626. The van der Waals surface area contributed by atoms with E-state index in [1.54, 1.807) is 12.1 Å². The van der Waals surface area contributed by atoms with Gasteiger partial charge in [0, 0.05) is 23.8 Å². The molecule has 1 N–H and O–H groups in total. The molecule has 0 bridgehead atoms. The smallest absolute Gasteiger partial charge is 0.339 e. The predicted molar refractivity (Wildman–Crippen MR) is 82.2 cm³/mol. The molecule has 0 radical (unpaired) electrons. The van der Waals surface area contributed by atoms with Crippen molar-refractivity contribution in [2.75, 3.05) is 11.9 Å². The Morgan fingerprint density at radius 1 is 1.25 bits per heavy atom. The summed E-state index contributed by atoms with van der Waals surface area (Å²) >= 11 is 3.39. The number of benzene rings is 1. The molecule has 2 rings (SSSR count). The molecule has 4 nitrogen and oxygen atoms in total. The number of aromatic nitrogens is 1. The molecule has 0 atom stereocenters. The van der Waals surface area contributed by atoms with Crippen LogP contribution in [0.5, 0.6) is 0 Å². The number of halogens is 1. The van der Waals surface area contributed by atoms with Crippen LogP contribution >= 0.6 is 15.9 Å². The molecule has 5 heteroatoms. The Hall–Kier alpha value is -1.88. The van der Waals surface area contributed by atoms with Crippen LogP contribution in [0.2, 0.25) is 0 Å². The van der Waals surface area contributed by atoms with E-state index in [2.05, 4.69) is 20.9 Å². The maximum atomic E-state index is 11.3. The highest BCUT2D eigenvalue weighted by molar-refractivity contribution is 9.10. The normalized spacial score (nSPS) is 10.3. The fourth-order valence-electron chi connectivity index (χ4n) is 1.94. The summed E-state index contributed by atoms with van der Waals surface area (Å²) in [7, 11) is 1.84. The maximum absolute atomic E-state index is 11.3. The summed E-state index contributed by atoms with van der Waals surface area (Å²) < 4.78 is 1.02. The second kappa shape index (κ2) is 6.05. The number of aryl methyl sites for hydroxylation is 1. The third kappa shape index (κ3) is 3.36. The highest BCUT2D eigenvalue weighted by atomic mass is 79.9. The van der Waals surface area contributed by atoms with E-state index >= 15 is 0 Å². The number of hydrogen-bond acceptors (Lipinski definition) is 3. The van der Waals surface area contributed by atoms with Crippen molar-refractivity contribution in [2.45, 2.75) is 13.5 Å². The monoisotopic (exact) mass is 334 g/mol. The van der Waals surface area contributed by atoms with Crippen molar-refractivity contribution in [3.8, 4) is 0 Å². The first-order chi connectivity index (χ1) is 9.47. The third-order valence-electron chi connectivity index (χ3n) is 2.94. The highest BCUT2D eigenvalue weighted by Gasteiger charge is 2.15. The summed E-state index contributed by atoms with van der Waals surface area (Å²) in [5.74, 6) is -0.476. The molecule has 20 heavy (non-hydrogen) atoms. The Morgan fingerprint density at radius 2 is 1.90 bits per heavy atom. The van der Waals surface area contributed by atoms with E-state index in [9.17, 15) is 9.90 Å². The zero-order valence-electron chi connectivity index (χ0n) is 11.3. The molecule has 2 aromatic rings. The number of carboxylic acid groups (broad SMARTS) is 1. The zero-order valence-corrected chi connectivity index (χ0v) is 12.9. The van der Waals surface area contributed by atoms with Crippen LogP contribution in [0.1, 0.15) is 21.6 Å². The van der Waals surface area contributed by atoms with Gasteiger partial charge >= 0.3 is 5.97 Å². The van der Waals surface area contributed by atoms with Gasteiger partial charge in [-0.15, -0.1) is 0 Å². The van der Waals surface area contributed by atoms with Gasteiger partial charge in [-0.2, -0.15) is 0 Å². The van der Waals surface area contributed by atoms with E-state index in [0.717, 1.165) is 15.7 Å². The van der Waals surface area contributed by atoms with Crippen LogP contribution < -0.4 is 4.90 Å². The van der Waals surface area contributed by atoms with E-state index in [1.165, 1.54) is 0 Å². The van der Waals surface area contributed by atoms with E-state index < -0.39 is 5.97 Å². The van der Waals surface area contributed by atoms with Gasteiger partial charge in [-0.05, 0) is 36.8 Å². The van der Waals surface area contributed by atoms with Crippen molar-refractivity contribution in [1.82, 2.24) is 4.98 Å². The lowest BCUT2D eigenvalue weighted by Gasteiger charge is -2.20. The number of carboxylic acids is 1. The molecule has 0 aliphatic rings. The Kier molecular flexibility index (Phi) is 4.39. The van der Waals surface area contributed by atoms with Gasteiger partial charge in [0.1, 0.15) is 11.4 Å². The fraction of sp³-hybridized carbons (Fsp3) is 0.200. The Morgan fingerprint density at radius 3 is 2.50 bits per heavy atom. The van der Waals surface area contributed by atoms with Gasteiger partial charge in [-0.25, -0.2) is 9.78 Å². The standard InChI is InChI=1S/C15H15BrN2O2/c1-10-3-8-13(15(19)20)14(17-10)18(2)9-11-4-6-12(16)7-5-11/h3-8H,9H2,1-2H3,(H,19,20). The van der Waals surface area contributed by atoms with Crippen molar-refractivity contribution in [2.24, 2.45) is 0 Å². The molecular formula is C15H15BrN2O2. The number of carbonyl (C=O) groups is 1. The quantitative estimate of drug-likeness (QED) is 0.929. The molecule has 0 saturated carbocycles. The van der Waals surface area contributed by atoms with Gasteiger partial charge in [0.25, 0.3) is 0 Å². The van der Waals surface area contributed by atoms with Gasteiger partial charge in [0.2, 0.25) is 0 Å². The lowest BCUT2D eigenvalue weighted by Crippen LogP contribution is -2.21. The zero-order chi connectivity index (χ0) is 14.7. The first-order valence-electron chi connectivity index (χ1n) is 6.14. The SMILES string of the molecule is Cc1ccc(C(=O)O)c(N(C)Cc2ccc(Br)cc2)n1. The minimum Gasteiger partial charge on any atom is -0.478 e. The van der Waals surface area contributed by atoms with Crippen LogP contribution in [0.4, 0.5) is 5.82 Å². The fourth-order valence-corrected chi connectivity index (χ4v) is 2.20. The molecule has 1 aromatic carbocycles. The summed E-state index contributed by atoms with van der Waals surface area (Å²) in [4.78, 5) is 17.5. The number of hydrogen-bond donors (Lipinski definition) is 1. The maximum Gasteiger partial charge on any atom is 0.339 e. The minimum atomic E-state index is -0.963. The number of anilines is 1. The van der Waals surface area contributed by atoms with Crippen molar-refractivity contribution in [3.63, 3.8) is 0 Å². The lowest BCUT2D eigenvalue weighted by atomic mass is 10.2. The van der Waals surface area contributed by atoms with Crippen LogP contribution in [-0.4, -0.2) is 23.1 Å². The van der Waals surface area contributed by atoms with Crippen molar-refractivity contribution in [1.29, 1.82) is 0 Å². The molecule has 104 valence electrons. The van der Waals surface area contributed by atoms with Crippen LogP contribution in [0, 0.1) is 6.92 Å². The average molecular weight is 335 g/mol. The van der Waals surface area contributed by atoms with E-state index in [1.807, 2.05) is 43.1 Å². The highest BCUT2D eigenvalue weighted by Crippen LogP contribution is 2.20. The van der Waals surface area contributed by atoms with Crippen LogP contribution in [0.3, 0.4) is 0 Å². The van der Waals surface area contributed by atoms with Gasteiger partial charge in [-0.3, -0.25) is 0 Å². The van der Waals surface area contributed by atoms with Crippen molar-refractivity contribution >= 4 is 27.7 Å². The molecule has 0 aliphatic carbocycles. The lowest BCUT2D eigenvalue weighted by molar-refractivity contribution is 0.0697. The summed E-state index contributed by atoms with van der Waals surface area (Å²) in [6, 6.07) is 11.2.